The quantitative estimate of drug-likeness (QED) is 0.508. The van der Waals surface area contributed by atoms with Gasteiger partial charge in [0.25, 0.3) is 0 Å². The van der Waals surface area contributed by atoms with E-state index in [2.05, 4.69) is 27.7 Å². The Balaban J connectivity index is 4.02. The van der Waals surface area contributed by atoms with Crippen LogP contribution in [-0.4, -0.2) is 30.1 Å². The van der Waals surface area contributed by atoms with E-state index in [-0.39, 0.29) is 13.9 Å². The first-order valence-corrected chi connectivity index (χ1v) is 6.56. The number of carbonyl (C=O) groups is 1. The number of esters is 1. The van der Waals surface area contributed by atoms with Gasteiger partial charge in [-0.2, -0.15) is 0 Å². The fraction of sp³-hybridized carbons (Fsp3) is 0.900. The minimum Gasteiger partial charge on any atom is -0.466 e. The third kappa shape index (κ3) is 5.25. The Kier molecular flexibility index (Phi) is 6.32. The molecule has 0 aromatic heterocycles. The van der Waals surface area contributed by atoms with Gasteiger partial charge in [-0.3, -0.25) is 4.79 Å². The Morgan fingerprint density at radius 3 is 2.00 bits per heavy atom. The molecule has 13 heavy (non-hydrogen) atoms. The molecule has 0 aromatic carbocycles. The fourth-order valence-electron chi connectivity index (χ4n) is 1.32. The minimum atomic E-state index is -0.204. The molecule has 0 heterocycles. The van der Waals surface area contributed by atoms with E-state index in [0.717, 1.165) is 0 Å². The summed E-state index contributed by atoms with van der Waals surface area (Å²) in [7, 11) is -0.204. The van der Waals surface area contributed by atoms with E-state index in [9.17, 15) is 4.79 Å². The third-order valence-electron chi connectivity index (χ3n) is 1.94. The van der Waals surface area contributed by atoms with Crippen molar-refractivity contribution in [3.05, 3.63) is 0 Å². The summed E-state index contributed by atoms with van der Waals surface area (Å²) in [6.45, 7) is 11.1. The first-order chi connectivity index (χ1) is 5.99. The van der Waals surface area contributed by atoms with E-state index in [4.69, 9.17) is 4.74 Å². The van der Waals surface area contributed by atoms with E-state index in [1.165, 1.54) is 0 Å². The lowest BCUT2D eigenvalue weighted by atomic mass is 10.5. The maximum Gasteiger partial charge on any atom is 0.310 e. The third-order valence-corrected chi connectivity index (χ3v) is 5.22. The van der Waals surface area contributed by atoms with Crippen LogP contribution in [0, 0.1) is 0 Å². The maximum atomic E-state index is 11.3. The van der Waals surface area contributed by atoms with Gasteiger partial charge in [0.05, 0.1) is 12.8 Å². The molecular weight excluding hydrogens is 183 g/mol. The highest BCUT2D eigenvalue weighted by molar-refractivity contribution is 7.59. The van der Waals surface area contributed by atoms with Gasteiger partial charge in [0.15, 0.2) is 0 Å². The lowest BCUT2D eigenvalue weighted by molar-refractivity contribution is -0.139. The molecule has 0 rings (SSSR count). The molecule has 0 unspecified atom stereocenters. The highest BCUT2D eigenvalue weighted by atomic mass is 31.1. The van der Waals surface area contributed by atoms with Crippen molar-refractivity contribution in [3.63, 3.8) is 0 Å². The molecule has 0 N–H and O–H groups in total. The van der Waals surface area contributed by atoms with Crippen molar-refractivity contribution in [2.24, 2.45) is 0 Å². The molecule has 3 heteroatoms. The number of ether oxygens (including phenoxy) is 1. The molecule has 0 fully saturated rings. The molecule has 0 aliphatic carbocycles. The van der Waals surface area contributed by atoms with Gasteiger partial charge in [0.1, 0.15) is 0 Å². The molecule has 0 bridgehead atoms. The fourth-order valence-corrected chi connectivity index (χ4v) is 3.63. The van der Waals surface area contributed by atoms with Crippen LogP contribution in [0.3, 0.4) is 0 Å². The van der Waals surface area contributed by atoms with E-state index in [0.29, 0.717) is 24.1 Å². The Bertz CT molecular complexity index is 147. The lowest BCUT2D eigenvalue weighted by Gasteiger charge is -2.24. The van der Waals surface area contributed by atoms with Crippen LogP contribution in [-0.2, 0) is 9.53 Å². The molecule has 0 radical (unpaired) electrons. The SMILES string of the molecule is CCOC(=O)CP(C(C)C)C(C)C. The molecular formula is C10H21O2P. The number of rotatable bonds is 5. The maximum absolute atomic E-state index is 11.3. The van der Waals surface area contributed by atoms with Gasteiger partial charge >= 0.3 is 5.97 Å². The largest absolute Gasteiger partial charge is 0.466 e. The first-order valence-electron chi connectivity index (χ1n) is 4.90. The molecule has 0 saturated carbocycles. The Morgan fingerprint density at radius 2 is 1.69 bits per heavy atom. The van der Waals surface area contributed by atoms with Crippen molar-refractivity contribution >= 4 is 13.9 Å². The smallest absolute Gasteiger partial charge is 0.310 e. The summed E-state index contributed by atoms with van der Waals surface area (Å²) >= 11 is 0. The van der Waals surface area contributed by atoms with Crippen molar-refractivity contribution in [1.29, 1.82) is 0 Å². The van der Waals surface area contributed by atoms with E-state index >= 15 is 0 Å². The van der Waals surface area contributed by atoms with Crippen molar-refractivity contribution in [3.8, 4) is 0 Å². The summed E-state index contributed by atoms with van der Waals surface area (Å²) in [5.74, 6) is -0.0315. The zero-order valence-corrected chi connectivity index (χ0v) is 10.2. The molecule has 78 valence electrons. The zero-order valence-electron chi connectivity index (χ0n) is 9.33. The monoisotopic (exact) mass is 204 g/mol. The molecule has 0 aliphatic heterocycles. The van der Waals surface area contributed by atoms with Crippen molar-refractivity contribution in [2.45, 2.75) is 45.9 Å². The van der Waals surface area contributed by atoms with Gasteiger partial charge in [0.2, 0.25) is 0 Å². The Hall–Kier alpha value is -0.100. The van der Waals surface area contributed by atoms with Crippen LogP contribution < -0.4 is 0 Å². The molecule has 0 saturated heterocycles. The van der Waals surface area contributed by atoms with Gasteiger partial charge in [0, 0.05) is 0 Å². The average molecular weight is 204 g/mol. The van der Waals surface area contributed by atoms with Crippen LogP contribution in [0.25, 0.3) is 0 Å². The Morgan fingerprint density at radius 1 is 1.23 bits per heavy atom. The number of hydrogen-bond acceptors (Lipinski definition) is 2. The highest BCUT2D eigenvalue weighted by Gasteiger charge is 2.20. The van der Waals surface area contributed by atoms with Crippen molar-refractivity contribution < 1.29 is 9.53 Å². The van der Waals surface area contributed by atoms with Crippen LogP contribution in [0.2, 0.25) is 0 Å². The summed E-state index contributed by atoms with van der Waals surface area (Å²) in [4.78, 5) is 11.3. The number of carbonyl (C=O) groups excluding carboxylic acids is 1. The van der Waals surface area contributed by atoms with E-state index in [1.807, 2.05) is 6.92 Å². The van der Waals surface area contributed by atoms with Crippen LogP contribution >= 0.6 is 7.92 Å². The van der Waals surface area contributed by atoms with Crippen LogP contribution in [0.15, 0.2) is 0 Å². The molecule has 0 aromatic rings. The average Bonchev–Trinajstić information content (AvgIpc) is 1.99. The lowest BCUT2D eigenvalue weighted by Crippen LogP contribution is -2.15. The van der Waals surface area contributed by atoms with Gasteiger partial charge in [-0.25, -0.2) is 0 Å². The zero-order chi connectivity index (χ0) is 10.4. The highest BCUT2D eigenvalue weighted by Crippen LogP contribution is 2.45. The van der Waals surface area contributed by atoms with Gasteiger partial charge in [-0.05, 0) is 18.2 Å². The predicted molar refractivity (Wildman–Crippen MR) is 58.7 cm³/mol. The summed E-state index contributed by atoms with van der Waals surface area (Å²) in [6, 6.07) is 0. The van der Waals surface area contributed by atoms with Crippen LogP contribution in [0.1, 0.15) is 34.6 Å². The summed E-state index contributed by atoms with van der Waals surface area (Å²) in [5, 5.41) is 0. The number of hydrogen-bond donors (Lipinski definition) is 0. The summed E-state index contributed by atoms with van der Waals surface area (Å²) < 4.78 is 4.95. The first kappa shape index (κ1) is 12.9. The van der Waals surface area contributed by atoms with E-state index < -0.39 is 0 Å². The second kappa shape index (κ2) is 6.37. The van der Waals surface area contributed by atoms with Gasteiger partial charge in [-0.15, -0.1) is 0 Å². The van der Waals surface area contributed by atoms with Crippen LogP contribution in [0.5, 0.6) is 0 Å². The normalized spacial score (nSPS) is 11.4. The summed E-state index contributed by atoms with van der Waals surface area (Å²) in [5.41, 5.74) is 1.22. The summed E-state index contributed by atoms with van der Waals surface area (Å²) in [6.07, 6.45) is 0.624. The predicted octanol–water partition coefficient (Wildman–Crippen LogP) is 2.85. The van der Waals surface area contributed by atoms with Crippen molar-refractivity contribution in [2.75, 3.05) is 12.8 Å². The molecule has 0 aliphatic rings. The minimum absolute atomic E-state index is 0.0315. The van der Waals surface area contributed by atoms with Gasteiger partial charge < -0.3 is 4.74 Å². The second-order valence-electron chi connectivity index (χ2n) is 3.66. The topological polar surface area (TPSA) is 26.3 Å². The van der Waals surface area contributed by atoms with Gasteiger partial charge in [-0.1, -0.05) is 35.6 Å². The molecule has 0 spiro atoms. The second-order valence-corrected chi connectivity index (χ2v) is 7.08. The molecule has 2 nitrogen and oxygen atoms in total. The van der Waals surface area contributed by atoms with E-state index in [1.54, 1.807) is 0 Å². The molecule has 0 atom stereocenters. The van der Waals surface area contributed by atoms with Crippen LogP contribution in [0.4, 0.5) is 0 Å². The Labute approximate surface area is 82.8 Å². The van der Waals surface area contributed by atoms with Crippen molar-refractivity contribution in [1.82, 2.24) is 0 Å². The standard InChI is InChI=1S/C10H21O2P/c1-6-12-10(11)7-13(8(2)3)9(4)5/h8-9H,6-7H2,1-5H3. The molecule has 0 amide bonds.